The second-order valence-electron chi connectivity index (χ2n) is 8.00. The fraction of sp³-hybridized carbons (Fsp3) is 0.360. The van der Waals surface area contributed by atoms with Gasteiger partial charge in [-0.3, -0.25) is 9.69 Å². The first kappa shape index (κ1) is 22.3. The van der Waals surface area contributed by atoms with Gasteiger partial charge in [-0.25, -0.2) is 4.98 Å². The predicted molar refractivity (Wildman–Crippen MR) is 131 cm³/mol. The molecular weight excluding hydrogens is 420 g/mol. The number of methoxy groups -OCH3 is 1. The number of nitrogens with zero attached hydrogens (tertiary/aromatic N) is 4. The Morgan fingerprint density at radius 1 is 1.06 bits per heavy atom. The lowest BCUT2D eigenvalue weighted by Crippen LogP contribution is -2.48. The molecule has 0 atom stereocenters. The minimum absolute atomic E-state index is 0.116. The third-order valence-electron chi connectivity index (χ3n) is 5.96. The van der Waals surface area contributed by atoms with Crippen molar-refractivity contribution in [2.75, 3.05) is 51.8 Å². The van der Waals surface area contributed by atoms with Gasteiger partial charge in [-0.2, -0.15) is 0 Å². The first-order valence-corrected chi connectivity index (χ1v) is 11.9. The molecule has 6 nitrogen and oxygen atoms in total. The summed E-state index contributed by atoms with van der Waals surface area (Å²) in [5.74, 6) is 0.966. The molecule has 1 aliphatic rings. The van der Waals surface area contributed by atoms with E-state index in [1.165, 1.54) is 0 Å². The Morgan fingerprint density at radius 3 is 2.38 bits per heavy atom. The van der Waals surface area contributed by atoms with Crippen molar-refractivity contribution in [1.82, 2.24) is 14.8 Å². The lowest BCUT2D eigenvalue weighted by molar-refractivity contribution is 0.0627. The Kier molecular flexibility index (Phi) is 7.07. The molecule has 0 N–H and O–H groups in total. The van der Waals surface area contributed by atoms with Gasteiger partial charge in [0.15, 0.2) is 0 Å². The zero-order valence-corrected chi connectivity index (χ0v) is 19.8. The smallest absolute Gasteiger partial charge is 0.253 e. The fourth-order valence-electron chi connectivity index (χ4n) is 3.81. The quantitative estimate of drug-likeness (QED) is 0.539. The maximum absolute atomic E-state index is 12.9. The summed E-state index contributed by atoms with van der Waals surface area (Å²) < 4.78 is 5.23. The number of amides is 1. The van der Waals surface area contributed by atoms with Gasteiger partial charge in [-0.15, -0.1) is 11.3 Å². The summed E-state index contributed by atoms with van der Waals surface area (Å²) in [5, 5.41) is 3.15. The molecule has 1 saturated heterocycles. The first-order chi connectivity index (χ1) is 15.6. The number of piperazine rings is 1. The average molecular weight is 451 g/mol. The Balaban J connectivity index is 1.30. The van der Waals surface area contributed by atoms with Crippen LogP contribution in [-0.2, 0) is 6.54 Å². The highest BCUT2D eigenvalue weighted by Gasteiger charge is 2.23. The highest BCUT2D eigenvalue weighted by Crippen LogP contribution is 2.26. The Bertz CT molecular complexity index is 1020. The molecule has 3 aromatic rings. The van der Waals surface area contributed by atoms with E-state index in [1.807, 2.05) is 53.4 Å². The van der Waals surface area contributed by atoms with Gasteiger partial charge in [0, 0.05) is 68.5 Å². The molecule has 1 aliphatic heterocycles. The van der Waals surface area contributed by atoms with Crippen LogP contribution in [0.5, 0.6) is 5.75 Å². The summed E-state index contributed by atoms with van der Waals surface area (Å²) in [6, 6.07) is 15.9. The SMILES string of the molecule is CCN(C)c1ccc(C(=O)N2CCN(Cc3csc(-c4ccc(OC)cc4)n3)CC2)cc1. The summed E-state index contributed by atoms with van der Waals surface area (Å²) >= 11 is 1.67. The van der Waals surface area contributed by atoms with E-state index in [0.29, 0.717) is 0 Å². The van der Waals surface area contributed by atoms with Crippen molar-refractivity contribution in [2.45, 2.75) is 13.5 Å². The molecule has 0 saturated carbocycles. The Labute approximate surface area is 194 Å². The molecule has 7 heteroatoms. The second-order valence-corrected chi connectivity index (χ2v) is 8.86. The molecule has 0 radical (unpaired) electrons. The molecule has 1 amide bonds. The standard InChI is InChI=1S/C25H30N4O2S/c1-4-27(2)22-9-5-20(6-10-22)25(30)29-15-13-28(14-16-29)17-21-18-32-24(26-21)19-7-11-23(31-3)12-8-19/h5-12,18H,4,13-17H2,1-3H3. The minimum atomic E-state index is 0.116. The summed E-state index contributed by atoms with van der Waals surface area (Å²) in [6.45, 7) is 7.07. The number of carbonyl (C=O) groups is 1. The highest BCUT2D eigenvalue weighted by atomic mass is 32.1. The number of aromatic nitrogens is 1. The minimum Gasteiger partial charge on any atom is -0.497 e. The van der Waals surface area contributed by atoms with E-state index < -0.39 is 0 Å². The van der Waals surface area contributed by atoms with Crippen LogP contribution in [-0.4, -0.2) is 67.6 Å². The summed E-state index contributed by atoms with van der Waals surface area (Å²) in [6.07, 6.45) is 0. The average Bonchev–Trinajstić information content (AvgIpc) is 3.32. The van der Waals surface area contributed by atoms with Gasteiger partial charge in [0.25, 0.3) is 5.91 Å². The van der Waals surface area contributed by atoms with Gasteiger partial charge in [0.2, 0.25) is 0 Å². The molecule has 0 spiro atoms. The van der Waals surface area contributed by atoms with Crippen LogP contribution in [0.25, 0.3) is 10.6 Å². The molecule has 0 bridgehead atoms. The summed E-state index contributed by atoms with van der Waals surface area (Å²) in [5.41, 5.74) is 4.08. The second kappa shape index (κ2) is 10.1. The Hall–Kier alpha value is -2.90. The normalized spacial score (nSPS) is 14.4. The van der Waals surface area contributed by atoms with Crippen molar-refractivity contribution < 1.29 is 9.53 Å². The molecule has 168 valence electrons. The van der Waals surface area contributed by atoms with Gasteiger partial charge >= 0.3 is 0 Å². The van der Waals surface area contributed by atoms with Crippen LogP contribution in [0, 0.1) is 0 Å². The van der Waals surface area contributed by atoms with E-state index in [0.717, 1.165) is 72.5 Å². The third kappa shape index (κ3) is 5.11. The fourth-order valence-corrected chi connectivity index (χ4v) is 4.62. The van der Waals surface area contributed by atoms with Gasteiger partial charge in [0.05, 0.1) is 12.8 Å². The van der Waals surface area contributed by atoms with Crippen molar-refractivity contribution in [3.8, 4) is 16.3 Å². The number of rotatable bonds is 7. The van der Waals surface area contributed by atoms with Crippen molar-refractivity contribution >= 4 is 22.9 Å². The maximum Gasteiger partial charge on any atom is 0.253 e. The van der Waals surface area contributed by atoms with Crippen molar-refractivity contribution in [1.29, 1.82) is 0 Å². The van der Waals surface area contributed by atoms with E-state index in [4.69, 9.17) is 9.72 Å². The molecule has 4 rings (SSSR count). The zero-order valence-electron chi connectivity index (χ0n) is 19.0. The van der Waals surface area contributed by atoms with E-state index in [9.17, 15) is 4.79 Å². The van der Waals surface area contributed by atoms with Crippen LogP contribution < -0.4 is 9.64 Å². The summed E-state index contributed by atoms with van der Waals surface area (Å²) in [4.78, 5) is 24.2. The van der Waals surface area contributed by atoms with Crippen molar-refractivity contribution in [3.63, 3.8) is 0 Å². The molecule has 1 aromatic heterocycles. The predicted octanol–water partition coefficient (Wildman–Crippen LogP) is 4.23. The highest BCUT2D eigenvalue weighted by molar-refractivity contribution is 7.13. The molecule has 0 unspecified atom stereocenters. The monoisotopic (exact) mass is 450 g/mol. The Morgan fingerprint density at radius 2 is 1.75 bits per heavy atom. The van der Waals surface area contributed by atoms with Crippen molar-refractivity contribution in [2.24, 2.45) is 0 Å². The van der Waals surface area contributed by atoms with Crippen molar-refractivity contribution in [3.05, 3.63) is 65.2 Å². The topological polar surface area (TPSA) is 48.9 Å². The largest absolute Gasteiger partial charge is 0.497 e. The van der Waals surface area contributed by atoms with E-state index in [1.54, 1.807) is 18.4 Å². The summed E-state index contributed by atoms with van der Waals surface area (Å²) in [7, 11) is 3.73. The van der Waals surface area contributed by atoms with Gasteiger partial charge in [-0.1, -0.05) is 0 Å². The number of carbonyl (C=O) groups excluding carboxylic acids is 1. The number of anilines is 1. The van der Waals surface area contributed by atoms with Gasteiger partial charge in [0.1, 0.15) is 10.8 Å². The van der Waals surface area contributed by atoms with E-state index in [-0.39, 0.29) is 5.91 Å². The lowest BCUT2D eigenvalue weighted by Gasteiger charge is -2.34. The molecular formula is C25H30N4O2S. The van der Waals surface area contributed by atoms with Gasteiger partial charge in [-0.05, 0) is 55.5 Å². The zero-order chi connectivity index (χ0) is 22.5. The number of benzene rings is 2. The molecule has 0 aliphatic carbocycles. The molecule has 1 fully saturated rings. The number of thiazole rings is 1. The van der Waals surface area contributed by atoms with E-state index >= 15 is 0 Å². The number of hydrogen-bond acceptors (Lipinski definition) is 6. The first-order valence-electron chi connectivity index (χ1n) is 11.0. The molecule has 32 heavy (non-hydrogen) atoms. The van der Waals surface area contributed by atoms with Crippen LogP contribution in [0.15, 0.2) is 53.9 Å². The van der Waals surface area contributed by atoms with Crippen LogP contribution in [0.1, 0.15) is 23.0 Å². The van der Waals surface area contributed by atoms with E-state index in [2.05, 4.69) is 29.2 Å². The third-order valence-corrected chi connectivity index (χ3v) is 6.90. The molecule has 2 heterocycles. The molecule has 2 aromatic carbocycles. The number of ether oxygens (including phenoxy) is 1. The van der Waals surface area contributed by atoms with Gasteiger partial charge < -0.3 is 14.5 Å². The maximum atomic E-state index is 12.9. The van der Waals surface area contributed by atoms with Crippen LogP contribution in [0.3, 0.4) is 0 Å². The van der Waals surface area contributed by atoms with Crippen LogP contribution >= 0.6 is 11.3 Å². The van der Waals surface area contributed by atoms with Crippen LogP contribution in [0.4, 0.5) is 5.69 Å². The number of hydrogen-bond donors (Lipinski definition) is 0. The van der Waals surface area contributed by atoms with Crippen LogP contribution in [0.2, 0.25) is 0 Å². The lowest BCUT2D eigenvalue weighted by atomic mass is 10.1.